The number of nitrogens with zero attached hydrogens (tertiary/aromatic N) is 1. The molecule has 0 N–H and O–H groups in total. The van der Waals surface area contributed by atoms with E-state index in [9.17, 15) is 4.79 Å². The van der Waals surface area contributed by atoms with Gasteiger partial charge in [-0.25, -0.2) is 0 Å². The molecular weight excluding hydrogens is 150 g/mol. The van der Waals surface area contributed by atoms with Crippen LogP contribution in [0.25, 0.3) is 0 Å². The molecule has 2 heteroatoms. The predicted octanol–water partition coefficient (Wildman–Crippen LogP) is 1.93. The summed E-state index contributed by atoms with van der Waals surface area (Å²) in [5.74, 6) is 0. The fourth-order valence-electron chi connectivity index (χ4n) is 1.08. The summed E-state index contributed by atoms with van der Waals surface area (Å²) in [7, 11) is 0. The van der Waals surface area contributed by atoms with Gasteiger partial charge in [0.2, 0.25) is 0 Å². The van der Waals surface area contributed by atoms with Crippen molar-refractivity contribution in [2.45, 2.75) is 13.3 Å². The Labute approximate surface area is 71.4 Å². The van der Waals surface area contributed by atoms with Crippen LogP contribution in [0.5, 0.6) is 0 Å². The molecule has 0 fully saturated rings. The SMILES string of the molecule is CCc1ccc(C=O)cc1C#N. The maximum Gasteiger partial charge on any atom is 0.150 e. The van der Waals surface area contributed by atoms with Crippen molar-refractivity contribution in [3.8, 4) is 6.07 Å². The third-order valence-electron chi connectivity index (χ3n) is 1.77. The number of rotatable bonds is 2. The van der Waals surface area contributed by atoms with Crippen molar-refractivity contribution >= 4 is 6.29 Å². The second kappa shape index (κ2) is 3.68. The van der Waals surface area contributed by atoms with Crippen LogP contribution in [-0.4, -0.2) is 6.29 Å². The Hall–Kier alpha value is -1.62. The molecule has 0 radical (unpaired) electrons. The van der Waals surface area contributed by atoms with Gasteiger partial charge >= 0.3 is 0 Å². The Balaban J connectivity index is 3.21. The van der Waals surface area contributed by atoms with E-state index in [0.717, 1.165) is 18.3 Å². The highest BCUT2D eigenvalue weighted by Gasteiger charge is 2.00. The van der Waals surface area contributed by atoms with Crippen molar-refractivity contribution in [2.75, 3.05) is 0 Å². The number of hydrogen-bond acceptors (Lipinski definition) is 2. The summed E-state index contributed by atoms with van der Waals surface area (Å²) in [6, 6.07) is 7.23. The average Bonchev–Trinajstić information content (AvgIpc) is 2.16. The number of carbonyl (C=O) groups is 1. The number of aryl methyl sites for hydroxylation is 1. The average molecular weight is 159 g/mol. The van der Waals surface area contributed by atoms with Gasteiger partial charge in [0.25, 0.3) is 0 Å². The molecule has 0 unspecified atom stereocenters. The zero-order valence-corrected chi connectivity index (χ0v) is 6.87. The van der Waals surface area contributed by atoms with Gasteiger partial charge in [-0.05, 0) is 18.1 Å². The molecule has 0 saturated carbocycles. The molecule has 1 aromatic rings. The van der Waals surface area contributed by atoms with Crippen LogP contribution >= 0.6 is 0 Å². The van der Waals surface area contributed by atoms with Crippen LogP contribution in [0, 0.1) is 11.3 Å². The first-order valence-corrected chi connectivity index (χ1v) is 3.80. The fraction of sp³-hybridized carbons (Fsp3) is 0.200. The Morgan fingerprint density at radius 2 is 2.33 bits per heavy atom. The van der Waals surface area contributed by atoms with E-state index >= 15 is 0 Å². The van der Waals surface area contributed by atoms with Gasteiger partial charge in [-0.15, -0.1) is 0 Å². The summed E-state index contributed by atoms with van der Waals surface area (Å²) in [5, 5.41) is 8.70. The summed E-state index contributed by atoms with van der Waals surface area (Å²) in [6.07, 6.45) is 1.57. The van der Waals surface area contributed by atoms with Gasteiger partial charge in [-0.2, -0.15) is 5.26 Å². The molecule has 0 atom stereocenters. The molecule has 0 amide bonds. The molecule has 12 heavy (non-hydrogen) atoms. The maximum atomic E-state index is 10.4. The lowest BCUT2D eigenvalue weighted by atomic mass is 10.0. The van der Waals surface area contributed by atoms with E-state index in [2.05, 4.69) is 6.07 Å². The molecule has 0 bridgehead atoms. The van der Waals surface area contributed by atoms with E-state index in [4.69, 9.17) is 5.26 Å². The molecule has 0 aromatic heterocycles. The molecular formula is C10H9NO. The molecule has 2 nitrogen and oxygen atoms in total. The summed E-state index contributed by atoms with van der Waals surface area (Å²) in [4.78, 5) is 10.4. The molecule has 0 saturated heterocycles. The third-order valence-corrected chi connectivity index (χ3v) is 1.77. The lowest BCUT2D eigenvalue weighted by molar-refractivity contribution is 0.112. The van der Waals surface area contributed by atoms with Crippen LogP contribution in [-0.2, 0) is 6.42 Å². The maximum absolute atomic E-state index is 10.4. The van der Waals surface area contributed by atoms with Crippen LogP contribution in [0.2, 0.25) is 0 Å². The third kappa shape index (κ3) is 1.51. The highest BCUT2D eigenvalue weighted by atomic mass is 16.1. The van der Waals surface area contributed by atoms with Gasteiger partial charge in [-0.3, -0.25) is 4.79 Å². The van der Waals surface area contributed by atoms with Gasteiger partial charge in [-0.1, -0.05) is 19.1 Å². The van der Waals surface area contributed by atoms with Crippen LogP contribution in [0.1, 0.15) is 28.4 Å². The first-order chi connectivity index (χ1) is 5.81. The Bertz CT molecular complexity index is 336. The summed E-state index contributed by atoms with van der Waals surface area (Å²) >= 11 is 0. The van der Waals surface area contributed by atoms with Gasteiger partial charge in [0, 0.05) is 5.56 Å². The summed E-state index contributed by atoms with van der Waals surface area (Å²) in [5.41, 5.74) is 2.15. The number of hydrogen-bond donors (Lipinski definition) is 0. The smallest absolute Gasteiger partial charge is 0.150 e. The largest absolute Gasteiger partial charge is 0.298 e. The van der Waals surface area contributed by atoms with E-state index in [-0.39, 0.29) is 0 Å². The Kier molecular flexibility index (Phi) is 2.60. The van der Waals surface area contributed by atoms with Crippen molar-refractivity contribution < 1.29 is 4.79 Å². The molecule has 0 spiro atoms. The second-order valence-corrected chi connectivity index (χ2v) is 2.50. The molecule has 1 rings (SSSR count). The lowest BCUT2D eigenvalue weighted by Crippen LogP contribution is -1.89. The van der Waals surface area contributed by atoms with Crippen molar-refractivity contribution in [2.24, 2.45) is 0 Å². The van der Waals surface area contributed by atoms with Gasteiger partial charge in [0.05, 0.1) is 11.6 Å². The molecule has 0 aliphatic rings. The highest BCUT2D eigenvalue weighted by molar-refractivity contribution is 5.75. The van der Waals surface area contributed by atoms with Gasteiger partial charge < -0.3 is 0 Å². The number of carbonyl (C=O) groups excluding carboxylic acids is 1. The van der Waals surface area contributed by atoms with E-state index in [1.807, 2.05) is 13.0 Å². The highest BCUT2D eigenvalue weighted by Crippen LogP contribution is 2.10. The Morgan fingerprint density at radius 1 is 1.58 bits per heavy atom. The van der Waals surface area contributed by atoms with Crippen molar-refractivity contribution in [1.29, 1.82) is 5.26 Å². The summed E-state index contributed by atoms with van der Waals surface area (Å²) < 4.78 is 0. The quantitative estimate of drug-likeness (QED) is 0.618. The molecule has 60 valence electrons. The minimum Gasteiger partial charge on any atom is -0.298 e. The monoisotopic (exact) mass is 159 g/mol. The molecule has 0 aliphatic heterocycles. The Morgan fingerprint density at radius 3 is 2.83 bits per heavy atom. The van der Waals surface area contributed by atoms with E-state index < -0.39 is 0 Å². The van der Waals surface area contributed by atoms with E-state index in [0.29, 0.717) is 11.1 Å². The topological polar surface area (TPSA) is 40.9 Å². The van der Waals surface area contributed by atoms with Gasteiger partial charge in [0.1, 0.15) is 6.29 Å². The normalized spacial score (nSPS) is 9.00. The van der Waals surface area contributed by atoms with Crippen LogP contribution in [0.3, 0.4) is 0 Å². The fourth-order valence-corrected chi connectivity index (χ4v) is 1.08. The molecule has 0 heterocycles. The van der Waals surface area contributed by atoms with Gasteiger partial charge in [0.15, 0.2) is 0 Å². The number of aldehydes is 1. The lowest BCUT2D eigenvalue weighted by Gasteiger charge is -1.99. The molecule has 1 aromatic carbocycles. The first-order valence-electron chi connectivity index (χ1n) is 3.80. The summed E-state index contributed by atoms with van der Waals surface area (Å²) in [6.45, 7) is 1.98. The standard InChI is InChI=1S/C10H9NO/c1-2-9-4-3-8(7-12)5-10(9)6-11/h3-5,7H,2H2,1H3. The van der Waals surface area contributed by atoms with Crippen molar-refractivity contribution in [3.63, 3.8) is 0 Å². The predicted molar refractivity (Wildman–Crippen MR) is 45.9 cm³/mol. The van der Waals surface area contributed by atoms with Crippen molar-refractivity contribution in [3.05, 3.63) is 34.9 Å². The van der Waals surface area contributed by atoms with Crippen molar-refractivity contribution in [1.82, 2.24) is 0 Å². The molecule has 0 aliphatic carbocycles. The second-order valence-electron chi connectivity index (χ2n) is 2.50. The zero-order valence-electron chi connectivity index (χ0n) is 6.87. The van der Waals surface area contributed by atoms with E-state index in [1.54, 1.807) is 12.1 Å². The van der Waals surface area contributed by atoms with E-state index in [1.165, 1.54) is 0 Å². The number of nitriles is 1. The van der Waals surface area contributed by atoms with Crippen LogP contribution in [0.4, 0.5) is 0 Å². The zero-order chi connectivity index (χ0) is 8.97. The first kappa shape index (κ1) is 8.48. The van der Waals surface area contributed by atoms with Crippen LogP contribution < -0.4 is 0 Å². The minimum absolute atomic E-state index is 0.559. The minimum atomic E-state index is 0.559. The van der Waals surface area contributed by atoms with Crippen LogP contribution in [0.15, 0.2) is 18.2 Å². The number of benzene rings is 1.